The molecule has 0 saturated carbocycles. The van der Waals surface area contributed by atoms with Gasteiger partial charge in [-0.3, -0.25) is 9.59 Å². The third-order valence-electron chi connectivity index (χ3n) is 7.15. The third-order valence-corrected chi connectivity index (χ3v) is 7.15. The molecule has 0 aliphatic carbocycles. The average molecular weight is 507 g/mol. The maximum absolute atomic E-state index is 11.8. The topological polar surface area (TPSA) is 64.7 Å². The fourth-order valence-corrected chi connectivity index (χ4v) is 5.27. The molecule has 1 rings (SSSR count). The van der Waals surface area contributed by atoms with E-state index in [1.54, 1.807) is 13.8 Å². The molecule has 2 atom stereocenters. The fourth-order valence-electron chi connectivity index (χ4n) is 5.27. The van der Waals surface area contributed by atoms with Gasteiger partial charge in [0.25, 0.3) is 0 Å². The summed E-state index contributed by atoms with van der Waals surface area (Å²) in [6.45, 7) is 11.1. The van der Waals surface area contributed by atoms with E-state index in [2.05, 4.69) is 46.7 Å². The maximum Gasteiger partial charge on any atom is 0.217 e. The van der Waals surface area contributed by atoms with Crippen LogP contribution < -0.4 is 10.6 Å². The van der Waals surface area contributed by atoms with Crippen LogP contribution in [0.25, 0.3) is 0 Å². The number of hydrogen-bond donors (Lipinski definition) is 2. The van der Waals surface area contributed by atoms with Crippen LogP contribution in [-0.4, -0.2) is 53.5 Å². The molecule has 0 aromatic heterocycles. The van der Waals surface area contributed by atoms with E-state index >= 15 is 0 Å². The molecule has 6 heteroatoms. The molecule has 0 fully saturated rings. The summed E-state index contributed by atoms with van der Waals surface area (Å²) in [4.78, 5) is 28.4. The third kappa shape index (κ3) is 17.7. The summed E-state index contributed by atoms with van der Waals surface area (Å²) in [6.07, 6.45) is 24.9. The molecule has 0 aromatic rings. The second kappa shape index (κ2) is 21.4. The standard InChI is InChI=1S/C30H58N4O2/c1-5-7-8-9-13-16-19-29(31-27(3)35)25-30(32-28(4)36)20-17-14-11-10-12-15-18-22-34-24-23-33(26-34)21-6-2/h23-24,29-30H,5-22,25-26H2,1-4H3,(H,31,35)(H,32,36). The van der Waals surface area contributed by atoms with Crippen LogP contribution in [0.2, 0.25) is 0 Å². The molecule has 6 nitrogen and oxygen atoms in total. The van der Waals surface area contributed by atoms with Crippen LogP contribution in [0.5, 0.6) is 0 Å². The largest absolute Gasteiger partial charge is 0.359 e. The van der Waals surface area contributed by atoms with E-state index in [-0.39, 0.29) is 23.9 Å². The molecule has 0 aromatic carbocycles. The molecule has 1 aliphatic heterocycles. The second-order valence-corrected chi connectivity index (χ2v) is 10.9. The summed E-state index contributed by atoms with van der Waals surface area (Å²) in [6, 6.07) is 0.310. The van der Waals surface area contributed by atoms with Crippen molar-refractivity contribution in [3.8, 4) is 0 Å². The number of hydrogen-bond acceptors (Lipinski definition) is 4. The van der Waals surface area contributed by atoms with Crippen LogP contribution in [0.15, 0.2) is 12.4 Å². The summed E-state index contributed by atoms with van der Waals surface area (Å²) in [7, 11) is 0. The summed E-state index contributed by atoms with van der Waals surface area (Å²) in [5.74, 6) is 0.0680. The molecule has 2 N–H and O–H groups in total. The monoisotopic (exact) mass is 506 g/mol. The molecular weight excluding hydrogens is 448 g/mol. The van der Waals surface area contributed by atoms with Gasteiger partial charge in [-0.1, -0.05) is 90.9 Å². The van der Waals surface area contributed by atoms with Gasteiger partial charge >= 0.3 is 0 Å². The van der Waals surface area contributed by atoms with Crippen LogP contribution in [-0.2, 0) is 9.59 Å². The minimum Gasteiger partial charge on any atom is -0.359 e. The van der Waals surface area contributed by atoms with Crippen LogP contribution in [0.1, 0.15) is 137 Å². The molecular formula is C30H58N4O2. The molecule has 36 heavy (non-hydrogen) atoms. The zero-order valence-electron chi connectivity index (χ0n) is 24.2. The van der Waals surface area contributed by atoms with E-state index < -0.39 is 0 Å². The normalized spacial score (nSPS) is 14.8. The van der Waals surface area contributed by atoms with E-state index in [0.29, 0.717) is 0 Å². The lowest BCUT2D eigenvalue weighted by atomic mass is 9.96. The van der Waals surface area contributed by atoms with Crippen LogP contribution in [0.4, 0.5) is 0 Å². The minimum absolute atomic E-state index is 0.0339. The lowest BCUT2D eigenvalue weighted by Crippen LogP contribution is -2.42. The lowest BCUT2D eigenvalue weighted by Gasteiger charge is -2.25. The first-order chi connectivity index (χ1) is 17.4. The zero-order valence-corrected chi connectivity index (χ0v) is 24.2. The molecule has 2 unspecified atom stereocenters. The van der Waals surface area contributed by atoms with E-state index in [9.17, 15) is 9.59 Å². The molecule has 0 bridgehead atoms. The SMILES string of the molecule is CCCCCCCCC(CC(CCCCCCCCCN1C=CN(CCC)C1)NC(C)=O)NC(C)=O. The summed E-state index contributed by atoms with van der Waals surface area (Å²) in [5.41, 5.74) is 0. The maximum atomic E-state index is 11.8. The van der Waals surface area contributed by atoms with Gasteiger partial charge in [0.05, 0.1) is 6.67 Å². The number of unbranched alkanes of at least 4 members (excludes halogenated alkanes) is 11. The van der Waals surface area contributed by atoms with Crippen LogP contribution in [0.3, 0.4) is 0 Å². The highest BCUT2D eigenvalue weighted by atomic mass is 16.2. The summed E-state index contributed by atoms with van der Waals surface area (Å²) < 4.78 is 0. The van der Waals surface area contributed by atoms with E-state index in [1.165, 1.54) is 83.6 Å². The van der Waals surface area contributed by atoms with Crippen molar-refractivity contribution in [1.29, 1.82) is 0 Å². The fraction of sp³-hybridized carbons (Fsp3) is 0.867. The first kappa shape index (κ1) is 32.3. The first-order valence-corrected chi connectivity index (χ1v) is 15.1. The number of nitrogens with zero attached hydrogens (tertiary/aromatic N) is 2. The van der Waals surface area contributed by atoms with Crippen molar-refractivity contribution >= 4 is 11.8 Å². The molecule has 0 spiro atoms. The number of carbonyl (C=O) groups is 2. The van der Waals surface area contributed by atoms with Gasteiger partial charge in [-0.05, 0) is 32.1 Å². The number of nitrogens with one attached hydrogen (secondary N) is 2. The van der Waals surface area contributed by atoms with Gasteiger partial charge in [0.15, 0.2) is 0 Å². The van der Waals surface area contributed by atoms with Crippen molar-refractivity contribution in [2.24, 2.45) is 0 Å². The van der Waals surface area contributed by atoms with Crippen molar-refractivity contribution in [2.45, 2.75) is 149 Å². The highest BCUT2D eigenvalue weighted by molar-refractivity contribution is 5.73. The Balaban J connectivity index is 2.19. The minimum atomic E-state index is 0.0339. The van der Waals surface area contributed by atoms with Gasteiger partial charge in [-0.25, -0.2) is 0 Å². The van der Waals surface area contributed by atoms with E-state index in [0.717, 1.165) is 45.3 Å². The highest BCUT2D eigenvalue weighted by Crippen LogP contribution is 2.17. The van der Waals surface area contributed by atoms with Crippen molar-refractivity contribution in [3.63, 3.8) is 0 Å². The van der Waals surface area contributed by atoms with Gasteiger partial charge in [0, 0.05) is 51.4 Å². The first-order valence-electron chi connectivity index (χ1n) is 15.1. The quantitative estimate of drug-likeness (QED) is 0.151. The van der Waals surface area contributed by atoms with Crippen molar-refractivity contribution in [1.82, 2.24) is 20.4 Å². The van der Waals surface area contributed by atoms with Gasteiger partial charge < -0.3 is 20.4 Å². The van der Waals surface area contributed by atoms with Crippen LogP contribution in [0, 0.1) is 0 Å². The molecule has 2 amide bonds. The number of rotatable bonds is 23. The average Bonchev–Trinajstić information content (AvgIpc) is 3.26. The van der Waals surface area contributed by atoms with Crippen molar-refractivity contribution in [3.05, 3.63) is 12.4 Å². The lowest BCUT2D eigenvalue weighted by molar-refractivity contribution is -0.119. The Hall–Kier alpha value is -1.72. The van der Waals surface area contributed by atoms with Crippen LogP contribution >= 0.6 is 0 Å². The Morgan fingerprint density at radius 1 is 0.639 bits per heavy atom. The Kier molecular flexibility index (Phi) is 19.2. The molecule has 1 heterocycles. The summed E-state index contributed by atoms with van der Waals surface area (Å²) in [5, 5.41) is 6.30. The highest BCUT2D eigenvalue weighted by Gasteiger charge is 2.18. The number of amides is 2. The molecule has 1 aliphatic rings. The Bertz CT molecular complexity index is 595. The van der Waals surface area contributed by atoms with Gasteiger partial charge in [-0.2, -0.15) is 0 Å². The molecule has 0 radical (unpaired) electrons. The smallest absolute Gasteiger partial charge is 0.217 e. The van der Waals surface area contributed by atoms with Gasteiger partial charge in [-0.15, -0.1) is 0 Å². The zero-order chi connectivity index (χ0) is 26.4. The summed E-state index contributed by atoms with van der Waals surface area (Å²) >= 11 is 0. The van der Waals surface area contributed by atoms with Gasteiger partial charge in [0.2, 0.25) is 11.8 Å². The Labute approximate surface area is 223 Å². The predicted octanol–water partition coefficient (Wildman–Crippen LogP) is 6.71. The predicted molar refractivity (Wildman–Crippen MR) is 152 cm³/mol. The molecule has 210 valence electrons. The van der Waals surface area contributed by atoms with E-state index in [4.69, 9.17) is 0 Å². The van der Waals surface area contributed by atoms with Gasteiger partial charge in [0.1, 0.15) is 0 Å². The second-order valence-electron chi connectivity index (χ2n) is 10.9. The van der Waals surface area contributed by atoms with E-state index in [1.807, 2.05) is 0 Å². The molecule has 0 saturated heterocycles. The van der Waals surface area contributed by atoms with Crippen molar-refractivity contribution < 1.29 is 9.59 Å². The number of carbonyl (C=O) groups excluding carboxylic acids is 2. The Morgan fingerprint density at radius 2 is 1.08 bits per heavy atom. The Morgan fingerprint density at radius 3 is 1.56 bits per heavy atom. The van der Waals surface area contributed by atoms with Crippen molar-refractivity contribution in [2.75, 3.05) is 19.8 Å².